The van der Waals surface area contributed by atoms with E-state index in [0.717, 1.165) is 24.2 Å². The Morgan fingerprint density at radius 1 is 1.28 bits per heavy atom. The molecule has 2 heterocycles. The number of nitrogens with one attached hydrogen (secondary N) is 3. The lowest BCUT2D eigenvalue weighted by atomic mass is 10.1. The molecule has 2 aromatic rings. The maximum Gasteiger partial charge on any atom is 0.227 e. The highest BCUT2D eigenvalue weighted by atomic mass is 16.1. The molecule has 0 aliphatic heterocycles. The van der Waals surface area contributed by atoms with Crippen molar-refractivity contribution in [2.24, 2.45) is 12.0 Å². The van der Waals surface area contributed by atoms with Gasteiger partial charge in [-0.2, -0.15) is 5.10 Å². The van der Waals surface area contributed by atoms with Crippen LogP contribution in [0.3, 0.4) is 0 Å². The van der Waals surface area contributed by atoms with Gasteiger partial charge in [0.2, 0.25) is 5.91 Å². The fourth-order valence-corrected chi connectivity index (χ4v) is 3.04. The minimum Gasteiger partial charge on any atom is -0.357 e. The second kappa shape index (κ2) is 10.6. The first kappa shape index (κ1) is 22.4. The van der Waals surface area contributed by atoms with Gasteiger partial charge in [-0.25, -0.2) is 4.98 Å². The summed E-state index contributed by atoms with van der Waals surface area (Å²) in [6.07, 6.45) is 2.88. The average Bonchev–Trinajstić information content (AvgIpc) is 2.90. The van der Waals surface area contributed by atoms with E-state index >= 15 is 0 Å². The van der Waals surface area contributed by atoms with Crippen molar-refractivity contribution in [3.63, 3.8) is 0 Å². The number of hydrogen-bond donors (Lipinski definition) is 3. The summed E-state index contributed by atoms with van der Waals surface area (Å²) in [4.78, 5) is 20.8. The molecule has 0 radical (unpaired) electrons. The molecule has 0 aliphatic carbocycles. The first-order chi connectivity index (χ1) is 13.8. The molecular formula is C21H33N7O. The topological polar surface area (TPSA) is 96.2 Å². The molecule has 0 fully saturated rings. The second-order valence-electron chi connectivity index (χ2n) is 7.30. The molecule has 2 rings (SSSR count). The zero-order valence-electron chi connectivity index (χ0n) is 18.3. The lowest BCUT2D eigenvalue weighted by molar-refractivity contribution is -0.116. The minimum absolute atomic E-state index is 0.101. The summed E-state index contributed by atoms with van der Waals surface area (Å²) in [6, 6.07) is 3.90. The third kappa shape index (κ3) is 6.89. The number of aliphatic imine (C=N–C) groups is 1. The van der Waals surface area contributed by atoms with E-state index in [-0.39, 0.29) is 11.9 Å². The van der Waals surface area contributed by atoms with Gasteiger partial charge >= 0.3 is 0 Å². The molecule has 0 aromatic carbocycles. The van der Waals surface area contributed by atoms with Crippen molar-refractivity contribution in [2.45, 2.75) is 53.5 Å². The number of guanidine groups is 1. The van der Waals surface area contributed by atoms with Gasteiger partial charge in [-0.05, 0) is 58.2 Å². The van der Waals surface area contributed by atoms with Crippen LogP contribution in [0.2, 0.25) is 0 Å². The third-order valence-corrected chi connectivity index (χ3v) is 4.68. The highest BCUT2D eigenvalue weighted by molar-refractivity contribution is 5.90. The summed E-state index contributed by atoms with van der Waals surface area (Å²) in [7, 11) is 1.96. The Balaban J connectivity index is 1.87. The molecule has 158 valence electrons. The molecule has 1 atom stereocenters. The molecule has 1 amide bonds. The van der Waals surface area contributed by atoms with Crippen LogP contribution in [0.25, 0.3) is 0 Å². The highest BCUT2D eigenvalue weighted by Gasteiger charge is 2.14. The average molecular weight is 400 g/mol. The quantitative estimate of drug-likeness (QED) is 0.467. The second-order valence-corrected chi connectivity index (χ2v) is 7.30. The van der Waals surface area contributed by atoms with Gasteiger partial charge in [0.25, 0.3) is 0 Å². The number of carbonyl (C=O) groups excluding carboxylic acids is 1. The molecule has 0 saturated heterocycles. The molecule has 8 nitrogen and oxygen atoms in total. The smallest absolute Gasteiger partial charge is 0.227 e. The summed E-state index contributed by atoms with van der Waals surface area (Å²) in [5.74, 6) is 1.17. The normalized spacial score (nSPS) is 12.6. The molecule has 0 aliphatic rings. The lowest BCUT2D eigenvalue weighted by Crippen LogP contribution is -2.43. The van der Waals surface area contributed by atoms with Gasteiger partial charge in [-0.3, -0.25) is 14.5 Å². The largest absolute Gasteiger partial charge is 0.357 e. The van der Waals surface area contributed by atoms with E-state index in [0.29, 0.717) is 24.7 Å². The standard InChI is InChI=1S/C21H33N7O/c1-7-22-21(25-15(3)12-18-16(4)27-28(6)17(18)5)23-11-10-20(29)26-19-9-8-14(2)13-24-19/h8-9,13,15H,7,10-12H2,1-6H3,(H2,22,23,25)(H,24,26,29). The van der Waals surface area contributed by atoms with E-state index < -0.39 is 0 Å². The van der Waals surface area contributed by atoms with E-state index in [9.17, 15) is 4.79 Å². The molecule has 3 N–H and O–H groups in total. The summed E-state index contributed by atoms with van der Waals surface area (Å²) < 4.78 is 1.91. The number of anilines is 1. The van der Waals surface area contributed by atoms with Crippen LogP contribution in [0, 0.1) is 20.8 Å². The number of rotatable bonds is 8. The van der Waals surface area contributed by atoms with Gasteiger partial charge in [0.05, 0.1) is 12.2 Å². The molecule has 29 heavy (non-hydrogen) atoms. The number of amides is 1. The van der Waals surface area contributed by atoms with Crippen molar-refractivity contribution in [3.05, 3.63) is 40.8 Å². The van der Waals surface area contributed by atoms with E-state index in [1.54, 1.807) is 12.3 Å². The first-order valence-corrected chi connectivity index (χ1v) is 10.1. The van der Waals surface area contributed by atoms with Gasteiger partial charge < -0.3 is 16.0 Å². The zero-order valence-corrected chi connectivity index (χ0v) is 18.3. The Morgan fingerprint density at radius 2 is 2.03 bits per heavy atom. The summed E-state index contributed by atoms with van der Waals surface area (Å²) in [5, 5.41) is 13.9. The number of pyridine rings is 1. The number of aryl methyl sites for hydroxylation is 3. The predicted molar refractivity (Wildman–Crippen MR) is 117 cm³/mol. The first-order valence-electron chi connectivity index (χ1n) is 10.1. The number of carbonyl (C=O) groups is 1. The maximum absolute atomic E-state index is 12.1. The van der Waals surface area contributed by atoms with Crippen molar-refractivity contribution in [2.75, 3.05) is 18.4 Å². The van der Waals surface area contributed by atoms with Crippen molar-refractivity contribution in [1.82, 2.24) is 25.4 Å². The lowest BCUT2D eigenvalue weighted by Gasteiger charge is -2.18. The van der Waals surface area contributed by atoms with Crippen LogP contribution in [0.15, 0.2) is 23.3 Å². The van der Waals surface area contributed by atoms with Gasteiger partial charge in [0, 0.05) is 37.9 Å². The van der Waals surface area contributed by atoms with Crippen LogP contribution in [-0.2, 0) is 18.3 Å². The number of nitrogens with zero attached hydrogens (tertiary/aromatic N) is 4. The molecule has 1 unspecified atom stereocenters. The van der Waals surface area contributed by atoms with Crippen LogP contribution >= 0.6 is 0 Å². The van der Waals surface area contributed by atoms with Crippen LogP contribution in [0.4, 0.5) is 5.82 Å². The summed E-state index contributed by atoms with van der Waals surface area (Å²) in [6.45, 7) is 11.4. The predicted octanol–water partition coefficient (Wildman–Crippen LogP) is 2.26. The van der Waals surface area contributed by atoms with Crippen molar-refractivity contribution < 1.29 is 4.79 Å². The van der Waals surface area contributed by atoms with Crippen LogP contribution < -0.4 is 16.0 Å². The number of aromatic nitrogens is 3. The van der Waals surface area contributed by atoms with Crippen molar-refractivity contribution >= 4 is 17.7 Å². The van der Waals surface area contributed by atoms with Crippen LogP contribution in [0.5, 0.6) is 0 Å². The number of hydrogen-bond acceptors (Lipinski definition) is 4. The third-order valence-electron chi connectivity index (χ3n) is 4.68. The monoisotopic (exact) mass is 399 g/mol. The van der Waals surface area contributed by atoms with E-state index in [4.69, 9.17) is 0 Å². The summed E-state index contributed by atoms with van der Waals surface area (Å²) in [5.41, 5.74) is 4.55. The Labute approximate surface area is 173 Å². The highest BCUT2D eigenvalue weighted by Crippen LogP contribution is 2.14. The Bertz CT molecular complexity index is 839. The van der Waals surface area contributed by atoms with Gasteiger partial charge in [0.15, 0.2) is 5.96 Å². The van der Waals surface area contributed by atoms with Gasteiger partial charge in [-0.15, -0.1) is 0 Å². The maximum atomic E-state index is 12.1. The Hall–Kier alpha value is -2.90. The zero-order chi connectivity index (χ0) is 21.4. The Kier molecular flexibility index (Phi) is 8.18. The molecule has 0 saturated carbocycles. The Morgan fingerprint density at radius 3 is 2.62 bits per heavy atom. The van der Waals surface area contributed by atoms with Crippen molar-refractivity contribution in [1.29, 1.82) is 0 Å². The minimum atomic E-state index is -0.101. The molecule has 8 heteroatoms. The fourth-order valence-electron chi connectivity index (χ4n) is 3.04. The fraction of sp³-hybridized carbons (Fsp3) is 0.524. The van der Waals surface area contributed by atoms with E-state index in [1.807, 2.05) is 38.6 Å². The van der Waals surface area contributed by atoms with Gasteiger partial charge in [0.1, 0.15) is 5.82 Å². The van der Waals surface area contributed by atoms with Crippen LogP contribution in [0.1, 0.15) is 42.8 Å². The molecule has 0 bridgehead atoms. The molecule has 2 aromatic heterocycles. The summed E-state index contributed by atoms with van der Waals surface area (Å²) >= 11 is 0. The van der Waals surface area contributed by atoms with Crippen molar-refractivity contribution in [3.8, 4) is 0 Å². The van der Waals surface area contributed by atoms with E-state index in [1.165, 1.54) is 11.3 Å². The molecule has 0 spiro atoms. The van der Waals surface area contributed by atoms with E-state index in [2.05, 4.69) is 44.9 Å². The molecular weight excluding hydrogens is 366 g/mol. The van der Waals surface area contributed by atoms with Gasteiger partial charge in [-0.1, -0.05) is 6.07 Å². The van der Waals surface area contributed by atoms with Crippen LogP contribution in [-0.4, -0.2) is 45.8 Å². The SMILES string of the molecule is CCNC(=NCCC(=O)Nc1ccc(C)cn1)NC(C)Cc1c(C)nn(C)c1C.